The molecule has 0 aliphatic rings. The minimum absolute atomic E-state index is 0.122. The van der Waals surface area contributed by atoms with Gasteiger partial charge in [-0.2, -0.15) is 0 Å². The van der Waals surface area contributed by atoms with Crippen LogP contribution in [0.2, 0.25) is 0 Å². The summed E-state index contributed by atoms with van der Waals surface area (Å²) in [5, 5.41) is 0. The van der Waals surface area contributed by atoms with Crippen molar-refractivity contribution in [3.05, 3.63) is 58.2 Å². The first-order chi connectivity index (χ1) is 14.5. The highest BCUT2D eigenvalue weighted by atomic mass is 19.1. The molecule has 1 amide bonds. The number of aromatic nitrogens is 1. The number of ether oxygens (including phenoxy) is 1. The van der Waals surface area contributed by atoms with Gasteiger partial charge in [0.1, 0.15) is 11.5 Å². The van der Waals surface area contributed by atoms with E-state index in [-0.39, 0.29) is 30.0 Å². The van der Waals surface area contributed by atoms with E-state index in [9.17, 15) is 18.8 Å². The molecule has 1 atom stereocenters. The van der Waals surface area contributed by atoms with Gasteiger partial charge in [-0.15, -0.1) is 0 Å². The van der Waals surface area contributed by atoms with Crippen LogP contribution < -0.4 is 0 Å². The number of nitrogens with zero attached hydrogens (tertiary/aromatic N) is 2. The van der Waals surface area contributed by atoms with Crippen LogP contribution in [0.3, 0.4) is 0 Å². The average molecular weight is 431 g/mol. The Labute approximate surface area is 183 Å². The van der Waals surface area contributed by atoms with E-state index in [1.165, 1.54) is 24.1 Å². The third-order valence-corrected chi connectivity index (χ3v) is 5.57. The molecule has 1 heterocycles. The lowest BCUT2D eigenvalue weighted by Crippen LogP contribution is -2.43. The third kappa shape index (κ3) is 5.21. The van der Waals surface area contributed by atoms with Crippen molar-refractivity contribution < 1.29 is 23.5 Å². The van der Waals surface area contributed by atoms with Crippen molar-refractivity contribution >= 4 is 17.7 Å². The summed E-state index contributed by atoms with van der Waals surface area (Å²) in [7, 11) is 3.00. The predicted molar refractivity (Wildman–Crippen MR) is 116 cm³/mol. The van der Waals surface area contributed by atoms with Gasteiger partial charge in [-0.25, -0.2) is 9.18 Å². The number of halogens is 1. The summed E-state index contributed by atoms with van der Waals surface area (Å²) in [4.78, 5) is 40.3. The fourth-order valence-electron chi connectivity index (χ4n) is 3.77. The van der Waals surface area contributed by atoms with E-state index >= 15 is 0 Å². The molecule has 0 bridgehead atoms. The fourth-order valence-corrected chi connectivity index (χ4v) is 3.77. The number of benzene rings is 1. The van der Waals surface area contributed by atoms with Gasteiger partial charge in [-0.3, -0.25) is 9.59 Å². The zero-order valence-corrected chi connectivity index (χ0v) is 19.3. The Morgan fingerprint density at radius 2 is 1.68 bits per heavy atom. The van der Waals surface area contributed by atoms with E-state index in [1.807, 2.05) is 13.8 Å². The summed E-state index contributed by atoms with van der Waals surface area (Å²) >= 11 is 0. The molecule has 0 spiro atoms. The van der Waals surface area contributed by atoms with E-state index in [2.05, 4.69) is 0 Å². The van der Waals surface area contributed by atoms with Crippen LogP contribution in [0.25, 0.3) is 0 Å². The molecule has 0 saturated carbocycles. The molecule has 168 valence electrons. The Balaban J connectivity index is 2.45. The maximum atomic E-state index is 13.5. The van der Waals surface area contributed by atoms with E-state index < -0.39 is 12.0 Å². The fraction of sp³-hybridized carbons (Fsp3) is 0.458. The lowest BCUT2D eigenvalue weighted by Gasteiger charge is -2.29. The van der Waals surface area contributed by atoms with Crippen LogP contribution in [0.4, 0.5) is 4.39 Å². The van der Waals surface area contributed by atoms with Crippen LogP contribution in [-0.2, 0) is 23.1 Å². The van der Waals surface area contributed by atoms with Crippen LogP contribution in [0.1, 0.15) is 64.9 Å². The van der Waals surface area contributed by atoms with Crippen molar-refractivity contribution in [1.29, 1.82) is 0 Å². The van der Waals surface area contributed by atoms with Gasteiger partial charge >= 0.3 is 5.97 Å². The number of rotatable bonds is 8. The highest BCUT2D eigenvalue weighted by Gasteiger charge is 2.32. The quantitative estimate of drug-likeness (QED) is 0.465. The second-order valence-corrected chi connectivity index (χ2v) is 8.27. The first-order valence-corrected chi connectivity index (χ1v) is 10.3. The minimum Gasteiger partial charge on any atom is -0.464 e. The number of hydrogen-bond acceptors (Lipinski definition) is 4. The van der Waals surface area contributed by atoms with Gasteiger partial charge in [0, 0.05) is 31.3 Å². The zero-order chi connectivity index (χ0) is 23.5. The standard InChI is InChI=1S/C24H31FN2O4/c1-14(2)12-20(28)27(13-18-8-10-19(25)11-9-18)17(5)23(29)21-15(3)22(24(30)31-7)26(6)16(21)4/h8-11,14,17H,12-13H2,1-7H3. The van der Waals surface area contributed by atoms with Crippen molar-refractivity contribution in [2.24, 2.45) is 13.0 Å². The Bertz CT molecular complexity index is 976. The molecule has 6 nitrogen and oxygen atoms in total. The molecule has 2 rings (SSSR count). The van der Waals surface area contributed by atoms with E-state index in [4.69, 9.17) is 4.74 Å². The van der Waals surface area contributed by atoms with Crippen LogP contribution in [0.15, 0.2) is 24.3 Å². The van der Waals surface area contributed by atoms with Crippen LogP contribution in [0, 0.1) is 25.6 Å². The summed E-state index contributed by atoms with van der Waals surface area (Å²) in [5.41, 5.74) is 2.62. The van der Waals surface area contributed by atoms with Gasteiger partial charge in [-0.1, -0.05) is 26.0 Å². The lowest BCUT2D eigenvalue weighted by molar-refractivity contribution is -0.133. The summed E-state index contributed by atoms with van der Waals surface area (Å²) in [6.45, 7) is 9.23. The number of carbonyl (C=O) groups excluding carboxylic acids is 3. The molecule has 0 saturated heterocycles. The van der Waals surface area contributed by atoms with Crippen molar-refractivity contribution in [1.82, 2.24) is 9.47 Å². The molecule has 0 N–H and O–H groups in total. The van der Waals surface area contributed by atoms with E-state index in [0.717, 1.165) is 5.56 Å². The first kappa shape index (κ1) is 24.3. The topological polar surface area (TPSA) is 68.6 Å². The molecule has 31 heavy (non-hydrogen) atoms. The smallest absolute Gasteiger partial charge is 0.354 e. The predicted octanol–water partition coefficient (Wildman–Crippen LogP) is 4.21. The molecular weight excluding hydrogens is 399 g/mol. The largest absolute Gasteiger partial charge is 0.464 e. The summed E-state index contributed by atoms with van der Waals surface area (Å²) in [5.74, 6) is -1.16. The molecule has 0 aliphatic carbocycles. The highest BCUT2D eigenvalue weighted by molar-refractivity contribution is 6.06. The maximum Gasteiger partial charge on any atom is 0.354 e. The molecule has 1 aromatic carbocycles. The zero-order valence-electron chi connectivity index (χ0n) is 19.3. The normalized spacial score (nSPS) is 12.0. The average Bonchev–Trinajstić information content (AvgIpc) is 2.93. The number of methoxy groups -OCH3 is 1. The number of hydrogen-bond donors (Lipinski definition) is 0. The number of ketones is 1. The van der Waals surface area contributed by atoms with Crippen molar-refractivity contribution in [3.63, 3.8) is 0 Å². The van der Waals surface area contributed by atoms with E-state index in [0.29, 0.717) is 28.9 Å². The minimum atomic E-state index is -0.762. The van der Waals surface area contributed by atoms with Crippen LogP contribution in [-0.4, -0.2) is 40.3 Å². The highest BCUT2D eigenvalue weighted by Crippen LogP contribution is 2.25. The number of amides is 1. The van der Waals surface area contributed by atoms with Crippen molar-refractivity contribution in [2.45, 2.75) is 53.6 Å². The third-order valence-electron chi connectivity index (χ3n) is 5.57. The summed E-state index contributed by atoms with van der Waals surface area (Å²) < 4.78 is 19.8. The molecule has 0 aliphatic heterocycles. The summed E-state index contributed by atoms with van der Waals surface area (Å²) in [6, 6.07) is 5.12. The van der Waals surface area contributed by atoms with Gasteiger partial charge < -0.3 is 14.2 Å². The molecule has 1 unspecified atom stereocenters. The number of carbonyl (C=O) groups is 3. The Morgan fingerprint density at radius 3 is 2.19 bits per heavy atom. The van der Waals surface area contributed by atoms with Gasteiger partial charge in [0.2, 0.25) is 5.91 Å². The Hall–Kier alpha value is -2.96. The Kier molecular flexibility index (Phi) is 7.76. The van der Waals surface area contributed by atoms with Crippen LogP contribution in [0.5, 0.6) is 0 Å². The first-order valence-electron chi connectivity index (χ1n) is 10.3. The van der Waals surface area contributed by atoms with Gasteiger partial charge in [0.05, 0.1) is 13.2 Å². The molecule has 0 fully saturated rings. The number of Topliss-reactive ketones (excluding diaryl/α,β-unsaturated/α-hetero) is 1. The van der Waals surface area contributed by atoms with Gasteiger partial charge in [0.25, 0.3) is 0 Å². The molecule has 7 heteroatoms. The van der Waals surface area contributed by atoms with Crippen molar-refractivity contribution in [2.75, 3.05) is 7.11 Å². The SMILES string of the molecule is COC(=O)c1c(C)c(C(=O)C(C)N(Cc2ccc(F)cc2)C(=O)CC(C)C)c(C)n1C. The number of esters is 1. The molecule has 2 aromatic rings. The molecule has 1 aromatic heterocycles. The van der Waals surface area contributed by atoms with E-state index in [1.54, 1.807) is 44.5 Å². The second kappa shape index (κ2) is 9.90. The molecular formula is C24H31FN2O4. The van der Waals surface area contributed by atoms with Crippen LogP contribution >= 0.6 is 0 Å². The maximum absolute atomic E-state index is 13.5. The molecule has 0 radical (unpaired) electrons. The summed E-state index contributed by atoms with van der Waals surface area (Å²) in [6.07, 6.45) is 0.291. The monoisotopic (exact) mass is 430 g/mol. The Morgan fingerprint density at radius 1 is 1.10 bits per heavy atom. The second-order valence-electron chi connectivity index (χ2n) is 8.27. The van der Waals surface area contributed by atoms with Gasteiger partial charge in [-0.05, 0) is 49.9 Å². The van der Waals surface area contributed by atoms with Gasteiger partial charge in [0.15, 0.2) is 5.78 Å². The lowest BCUT2D eigenvalue weighted by atomic mass is 9.98. The van der Waals surface area contributed by atoms with Crippen molar-refractivity contribution in [3.8, 4) is 0 Å².